The monoisotopic (exact) mass is 190 g/mol. The van der Waals surface area contributed by atoms with Gasteiger partial charge in [0.25, 0.3) is 0 Å². The van der Waals surface area contributed by atoms with Gasteiger partial charge in [-0.1, -0.05) is 6.42 Å². The van der Waals surface area contributed by atoms with Crippen LogP contribution < -0.4 is 0 Å². The molecule has 1 aliphatic rings. The highest BCUT2D eigenvalue weighted by Crippen LogP contribution is 2.29. The molecule has 0 aliphatic carbocycles. The summed E-state index contributed by atoms with van der Waals surface area (Å²) in [4.78, 5) is 6.70. The molecule has 0 unspecified atom stereocenters. The lowest BCUT2D eigenvalue weighted by Crippen LogP contribution is -2.29. The van der Waals surface area contributed by atoms with Crippen molar-refractivity contribution in [2.24, 2.45) is 0 Å². The number of rotatable bonds is 1. The Morgan fingerprint density at radius 3 is 3.00 bits per heavy atom. The van der Waals surface area contributed by atoms with Crippen molar-refractivity contribution in [3.05, 3.63) is 29.6 Å². The normalized spacial score (nSPS) is 23.7. The number of aromatic nitrogens is 1. The zero-order valence-electron chi connectivity index (χ0n) is 9.03. The van der Waals surface area contributed by atoms with E-state index in [2.05, 4.69) is 36.0 Å². The SMILES string of the molecule is Cc1cc([C@@H]2CCCCN2C)ccn1. The minimum Gasteiger partial charge on any atom is -0.299 e. The molecule has 76 valence electrons. The summed E-state index contributed by atoms with van der Waals surface area (Å²) in [5, 5.41) is 0. The van der Waals surface area contributed by atoms with E-state index in [0.29, 0.717) is 6.04 Å². The van der Waals surface area contributed by atoms with Crippen LogP contribution in [0.5, 0.6) is 0 Å². The molecule has 0 aromatic carbocycles. The molecule has 0 N–H and O–H groups in total. The highest BCUT2D eigenvalue weighted by Gasteiger charge is 2.20. The third kappa shape index (κ3) is 1.95. The van der Waals surface area contributed by atoms with E-state index in [1.807, 2.05) is 6.20 Å². The summed E-state index contributed by atoms with van der Waals surface area (Å²) in [6, 6.07) is 4.98. The fraction of sp³-hybridized carbons (Fsp3) is 0.583. The van der Waals surface area contributed by atoms with Crippen LogP contribution in [0.2, 0.25) is 0 Å². The van der Waals surface area contributed by atoms with E-state index in [0.717, 1.165) is 5.69 Å². The van der Waals surface area contributed by atoms with Crippen molar-refractivity contribution in [3.63, 3.8) is 0 Å². The second-order valence-electron chi connectivity index (χ2n) is 4.22. The third-order valence-electron chi connectivity index (χ3n) is 3.08. The summed E-state index contributed by atoms with van der Waals surface area (Å²) in [7, 11) is 2.22. The molecule has 1 atom stereocenters. The van der Waals surface area contributed by atoms with E-state index in [1.54, 1.807) is 0 Å². The number of likely N-dealkylation sites (tertiary alicyclic amines) is 1. The Kier molecular flexibility index (Phi) is 2.82. The average molecular weight is 190 g/mol. The molecular formula is C12H18N2. The van der Waals surface area contributed by atoms with Crippen LogP contribution in [0.4, 0.5) is 0 Å². The molecule has 1 aromatic heterocycles. The third-order valence-corrected chi connectivity index (χ3v) is 3.08. The van der Waals surface area contributed by atoms with E-state index >= 15 is 0 Å². The van der Waals surface area contributed by atoms with Gasteiger partial charge in [0, 0.05) is 17.9 Å². The van der Waals surface area contributed by atoms with Gasteiger partial charge in [0.05, 0.1) is 0 Å². The first-order chi connectivity index (χ1) is 6.77. The van der Waals surface area contributed by atoms with Gasteiger partial charge in [0.15, 0.2) is 0 Å². The molecule has 2 heteroatoms. The molecule has 0 saturated carbocycles. The highest BCUT2D eigenvalue weighted by atomic mass is 15.1. The van der Waals surface area contributed by atoms with Gasteiger partial charge < -0.3 is 0 Å². The molecule has 2 rings (SSSR count). The van der Waals surface area contributed by atoms with Gasteiger partial charge in [0.2, 0.25) is 0 Å². The molecular weight excluding hydrogens is 172 g/mol. The number of hydrogen-bond acceptors (Lipinski definition) is 2. The van der Waals surface area contributed by atoms with Crippen molar-refractivity contribution in [3.8, 4) is 0 Å². The van der Waals surface area contributed by atoms with Crippen LogP contribution in [0.15, 0.2) is 18.3 Å². The molecule has 1 aliphatic heterocycles. The second-order valence-corrected chi connectivity index (χ2v) is 4.22. The van der Waals surface area contributed by atoms with Crippen LogP contribution >= 0.6 is 0 Å². The number of pyridine rings is 1. The van der Waals surface area contributed by atoms with Crippen molar-refractivity contribution >= 4 is 0 Å². The number of aryl methyl sites for hydroxylation is 1. The number of nitrogens with zero attached hydrogens (tertiary/aromatic N) is 2. The quantitative estimate of drug-likeness (QED) is 0.676. The van der Waals surface area contributed by atoms with E-state index in [-0.39, 0.29) is 0 Å². The van der Waals surface area contributed by atoms with Gasteiger partial charge in [-0.3, -0.25) is 9.88 Å². The summed E-state index contributed by atoms with van der Waals surface area (Å²) in [6.45, 7) is 3.29. The molecule has 0 radical (unpaired) electrons. The van der Waals surface area contributed by atoms with E-state index in [9.17, 15) is 0 Å². The zero-order chi connectivity index (χ0) is 9.97. The Hall–Kier alpha value is -0.890. The van der Waals surface area contributed by atoms with Crippen LogP contribution in [0.3, 0.4) is 0 Å². The maximum atomic E-state index is 4.24. The summed E-state index contributed by atoms with van der Waals surface area (Å²) in [5.41, 5.74) is 2.56. The molecule has 2 nitrogen and oxygen atoms in total. The van der Waals surface area contributed by atoms with Gasteiger partial charge in [-0.25, -0.2) is 0 Å². The van der Waals surface area contributed by atoms with Gasteiger partial charge in [-0.2, -0.15) is 0 Å². The lowest BCUT2D eigenvalue weighted by atomic mass is 9.96. The standard InChI is InChI=1S/C12H18N2/c1-10-9-11(6-7-13-10)12-5-3-4-8-14(12)2/h6-7,9,12H,3-5,8H2,1-2H3/t12-/m0/s1. The Labute approximate surface area is 86.0 Å². The first-order valence-corrected chi connectivity index (χ1v) is 5.40. The Bertz CT molecular complexity index is 309. The summed E-state index contributed by atoms with van der Waals surface area (Å²) in [5.74, 6) is 0. The predicted molar refractivity (Wildman–Crippen MR) is 58.2 cm³/mol. The molecule has 0 bridgehead atoms. The second kappa shape index (κ2) is 4.09. The van der Waals surface area contributed by atoms with Crippen molar-refractivity contribution in [1.82, 2.24) is 9.88 Å². The van der Waals surface area contributed by atoms with Gasteiger partial charge in [0.1, 0.15) is 0 Å². The highest BCUT2D eigenvalue weighted by molar-refractivity contribution is 5.19. The fourth-order valence-electron chi connectivity index (χ4n) is 2.27. The number of hydrogen-bond donors (Lipinski definition) is 0. The minimum absolute atomic E-state index is 0.616. The molecule has 0 spiro atoms. The fourth-order valence-corrected chi connectivity index (χ4v) is 2.27. The zero-order valence-corrected chi connectivity index (χ0v) is 9.03. The summed E-state index contributed by atoms with van der Waals surface area (Å²) < 4.78 is 0. The first kappa shape index (κ1) is 9.66. The molecule has 1 aromatic rings. The summed E-state index contributed by atoms with van der Waals surface area (Å²) in [6.07, 6.45) is 5.92. The van der Waals surface area contributed by atoms with Crippen molar-refractivity contribution in [1.29, 1.82) is 0 Å². The maximum absolute atomic E-state index is 4.24. The van der Waals surface area contributed by atoms with E-state index < -0.39 is 0 Å². The van der Waals surface area contributed by atoms with Crippen LogP contribution in [0.1, 0.15) is 36.6 Å². The molecule has 1 fully saturated rings. The molecule has 14 heavy (non-hydrogen) atoms. The maximum Gasteiger partial charge on any atom is 0.0375 e. The smallest absolute Gasteiger partial charge is 0.0375 e. The van der Waals surface area contributed by atoms with Crippen LogP contribution in [0, 0.1) is 6.92 Å². The van der Waals surface area contributed by atoms with Gasteiger partial charge >= 0.3 is 0 Å². The van der Waals surface area contributed by atoms with Crippen LogP contribution in [-0.2, 0) is 0 Å². The lowest BCUT2D eigenvalue weighted by molar-refractivity contribution is 0.187. The minimum atomic E-state index is 0.616. The molecule has 2 heterocycles. The lowest BCUT2D eigenvalue weighted by Gasteiger charge is -2.32. The van der Waals surface area contributed by atoms with Gasteiger partial charge in [-0.15, -0.1) is 0 Å². The van der Waals surface area contributed by atoms with Crippen LogP contribution in [0.25, 0.3) is 0 Å². The number of piperidine rings is 1. The Morgan fingerprint density at radius 2 is 2.29 bits per heavy atom. The average Bonchev–Trinajstić information content (AvgIpc) is 2.18. The van der Waals surface area contributed by atoms with Crippen molar-refractivity contribution in [2.45, 2.75) is 32.2 Å². The van der Waals surface area contributed by atoms with Crippen molar-refractivity contribution < 1.29 is 0 Å². The van der Waals surface area contributed by atoms with E-state index in [4.69, 9.17) is 0 Å². The molecule has 0 amide bonds. The Balaban J connectivity index is 2.20. The predicted octanol–water partition coefficient (Wildman–Crippen LogP) is 2.55. The Morgan fingerprint density at radius 1 is 1.43 bits per heavy atom. The summed E-state index contributed by atoms with van der Waals surface area (Å²) >= 11 is 0. The molecule has 1 saturated heterocycles. The topological polar surface area (TPSA) is 16.1 Å². The van der Waals surface area contributed by atoms with Crippen LogP contribution in [-0.4, -0.2) is 23.5 Å². The first-order valence-electron chi connectivity index (χ1n) is 5.40. The largest absolute Gasteiger partial charge is 0.299 e. The van der Waals surface area contributed by atoms with Gasteiger partial charge in [-0.05, 0) is 51.1 Å². The van der Waals surface area contributed by atoms with Crippen molar-refractivity contribution in [2.75, 3.05) is 13.6 Å². The van der Waals surface area contributed by atoms with E-state index in [1.165, 1.54) is 31.4 Å².